The van der Waals surface area contributed by atoms with Crippen molar-refractivity contribution in [2.45, 2.75) is 39.8 Å². The minimum atomic E-state index is 0.244. The standard InChI is InChI=1S/C15H24BrNO2/c1-4-8-17-11-13-6-5-7-14(16)15(13)19-10-9-18-12(2)3/h5-7,12,17H,4,8-11H2,1-3H3. The van der Waals surface area contributed by atoms with Crippen LogP contribution in [0.15, 0.2) is 22.7 Å². The molecule has 0 amide bonds. The number of hydrogen-bond acceptors (Lipinski definition) is 3. The van der Waals surface area contributed by atoms with Crippen molar-refractivity contribution in [1.82, 2.24) is 5.32 Å². The molecule has 108 valence electrons. The Morgan fingerprint density at radius 1 is 1.26 bits per heavy atom. The Kier molecular flexibility index (Phi) is 8.10. The van der Waals surface area contributed by atoms with Crippen LogP contribution in [0.2, 0.25) is 0 Å². The zero-order valence-corrected chi connectivity index (χ0v) is 13.6. The van der Waals surface area contributed by atoms with Crippen LogP contribution in [0.4, 0.5) is 0 Å². The van der Waals surface area contributed by atoms with E-state index in [2.05, 4.69) is 34.2 Å². The van der Waals surface area contributed by atoms with Gasteiger partial charge in [0.05, 0.1) is 17.2 Å². The van der Waals surface area contributed by atoms with Crippen molar-refractivity contribution in [1.29, 1.82) is 0 Å². The summed E-state index contributed by atoms with van der Waals surface area (Å²) in [6.45, 7) is 9.24. The van der Waals surface area contributed by atoms with Crippen LogP contribution in [0.1, 0.15) is 32.8 Å². The molecule has 0 unspecified atom stereocenters. The van der Waals surface area contributed by atoms with Crippen LogP contribution in [0, 0.1) is 0 Å². The zero-order valence-electron chi connectivity index (χ0n) is 12.0. The summed E-state index contributed by atoms with van der Waals surface area (Å²) in [5, 5.41) is 3.40. The number of para-hydroxylation sites is 1. The van der Waals surface area contributed by atoms with Crippen LogP contribution in [-0.2, 0) is 11.3 Å². The maximum absolute atomic E-state index is 5.84. The largest absolute Gasteiger partial charge is 0.490 e. The molecule has 3 nitrogen and oxygen atoms in total. The lowest BCUT2D eigenvalue weighted by atomic mass is 10.2. The maximum atomic E-state index is 5.84. The Morgan fingerprint density at radius 2 is 2.05 bits per heavy atom. The third kappa shape index (κ3) is 6.41. The molecule has 0 saturated carbocycles. The monoisotopic (exact) mass is 329 g/mol. The molecular weight excluding hydrogens is 306 g/mol. The van der Waals surface area contributed by atoms with Crippen LogP contribution in [0.5, 0.6) is 5.75 Å². The van der Waals surface area contributed by atoms with Gasteiger partial charge in [0.15, 0.2) is 0 Å². The molecular formula is C15H24BrNO2. The number of nitrogens with one attached hydrogen (secondary N) is 1. The van der Waals surface area contributed by atoms with E-state index in [1.165, 1.54) is 5.56 Å². The second-order valence-corrected chi connectivity index (χ2v) is 5.53. The summed E-state index contributed by atoms with van der Waals surface area (Å²) in [7, 11) is 0. The molecule has 1 N–H and O–H groups in total. The molecule has 0 atom stereocenters. The fraction of sp³-hybridized carbons (Fsp3) is 0.600. The van der Waals surface area contributed by atoms with Crippen molar-refractivity contribution >= 4 is 15.9 Å². The minimum absolute atomic E-state index is 0.244. The van der Waals surface area contributed by atoms with Gasteiger partial charge in [-0.2, -0.15) is 0 Å². The number of ether oxygens (including phenoxy) is 2. The first-order chi connectivity index (χ1) is 9.15. The Balaban J connectivity index is 2.53. The predicted octanol–water partition coefficient (Wildman–Crippen LogP) is 3.75. The zero-order chi connectivity index (χ0) is 14.1. The average molecular weight is 330 g/mol. The van der Waals surface area contributed by atoms with Crippen LogP contribution in [0.25, 0.3) is 0 Å². The molecule has 0 fully saturated rings. The van der Waals surface area contributed by atoms with Gasteiger partial charge in [-0.05, 0) is 48.8 Å². The molecule has 1 aromatic carbocycles. The summed E-state index contributed by atoms with van der Waals surface area (Å²) in [5.74, 6) is 0.915. The molecule has 0 spiro atoms. The normalized spacial score (nSPS) is 11.0. The lowest BCUT2D eigenvalue weighted by molar-refractivity contribution is 0.0549. The number of rotatable bonds is 9. The first-order valence-corrected chi connectivity index (χ1v) is 7.67. The Labute approximate surface area is 124 Å². The van der Waals surface area contributed by atoms with E-state index in [0.717, 1.165) is 29.7 Å². The van der Waals surface area contributed by atoms with Crippen molar-refractivity contribution in [3.8, 4) is 5.75 Å². The van der Waals surface area contributed by atoms with E-state index < -0.39 is 0 Å². The highest BCUT2D eigenvalue weighted by molar-refractivity contribution is 9.10. The minimum Gasteiger partial charge on any atom is -0.490 e. The molecule has 1 aromatic rings. The van der Waals surface area contributed by atoms with Gasteiger partial charge in [-0.25, -0.2) is 0 Å². The molecule has 0 aliphatic heterocycles. The van der Waals surface area contributed by atoms with Crippen LogP contribution < -0.4 is 10.1 Å². The Morgan fingerprint density at radius 3 is 2.74 bits per heavy atom. The smallest absolute Gasteiger partial charge is 0.138 e. The van der Waals surface area contributed by atoms with Gasteiger partial charge in [0.1, 0.15) is 12.4 Å². The molecule has 0 aromatic heterocycles. The maximum Gasteiger partial charge on any atom is 0.138 e. The highest BCUT2D eigenvalue weighted by atomic mass is 79.9. The fourth-order valence-electron chi connectivity index (χ4n) is 1.68. The van der Waals surface area contributed by atoms with E-state index in [4.69, 9.17) is 9.47 Å². The Hall–Kier alpha value is -0.580. The van der Waals surface area contributed by atoms with Crippen molar-refractivity contribution in [3.63, 3.8) is 0 Å². The van der Waals surface area contributed by atoms with Gasteiger partial charge >= 0.3 is 0 Å². The molecule has 0 saturated heterocycles. The van der Waals surface area contributed by atoms with E-state index in [9.17, 15) is 0 Å². The molecule has 4 heteroatoms. The van der Waals surface area contributed by atoms with Crippen molar-refractivity contribution in [3.05, 3.63) is 28.2 Å². The van der Waals surface area contributed by atoms with Crippen LogP contribution in [-0.4, -0.2) is 25.9 Å². The number of halogens is 1. The summed E-state index contributed by atoms with van der Waals surface area (Å²) >= 11 is 3.54. The highest BCUT2D eigenvalue weighted by Gasteiger charge is 2.07. The first-order valence-electron chi connectivity index (χ1n) is 6.87. The van der Waals surface area contributed by atoms with E-state index in [0.29, 0.717) is 13.2 Å². The summed E-state index contributed by atoms with van der Waals surface area (Å²) in [6.07, 6.45) is 1.38. The molecule has 0 bridgehead atoms. The van der Waals surface area contributed by atoms with E-state index in [1.54, 1.807) is 0 Å². The predicted molar refractivity (Wildman–Crippen MR) is 82.7 cm³/mol. The summed E-state index contributed by atoms with van der Waals surface area (Å²) in [5.41, 5.74) is 1.17. The number of benzene rings is 1. The van der Waals surface area contributed by atoms with Gasteiger partial charge in [-0.3, -0.25) is 0 Å². The molecule has 1 rings (SSSR count). The lowest BCUT2D eigenvalue weighted by Crippen LogP contribution is -2.16. The molecule has 0 aliphatic carbocycles. The van der Waals surface area contributed by atoms with Gasteiger partial charge in [0, 0.05) is 12.1 Å². The molecule has 19 heavy (non-hydrogen) atoms. The van der Waals surface area contributed by atoms with Crippen LogP contribution >= 0.6 is 15.9 Å². The lowest BCUT2D eigenvalue weighted by Gasteiger charge is -2.14. The summed E-state index contributed by atoms with van der Waals surface area (Å²) in [4.78, 5) is 0. The quantitative estimate of drug-likeness (QED) is 0.700. The number of hydrogen-bond donors (Lipinski definition) is 1. The van der Waals surface area contributed by atoms with Gasteiger partial charge in [-0.1, -0.05) is 19.1 Å². The summed E-state index contributed by atoms with van der Waals surface area (Å²) < 4.78 is 12.3. The second kappa shape index (κ2) is 9.34. The highest BCUT2D eigenvalue weighted by Crippen LogP contribution is 2.29. The topological polar surface area (TPSA) is 30.5 Å². The van der Waals surface area contributed by atoms with Crippen LogP contribution in [0.3, 0.4) is 0 Å². The molecule has 0 aliphatic rings. The molecule has 0 heterocycles. The van der Waals surface area contributed by atoms with Crippen molar-refractivity contribution in [2.24, 2.45) is 0 Å². The van der Waals surface area contributed by atoms with Gasteiger partial charge < -0.3 is 14.8 Å². The van der Waals surface area contributed by atoms with Gasteiger partial charge in [0.2, 0.25) is 0 Å². The van der Waals surface area contributed by atoms with Gasteiger partial charge in [0.25, 0.3) is 0 Å². The Bertz CT molecular complexity index is 369. The molecule has 0 radical (unpaired) electrons. The summed E-state index contributed by atoms with van der Waals surface area (Å²) in [6, 6.07) is 6.12. The second-order valence-electron chi connectivity index (χ2n) is 4.67. The first kappa shape index (κ1) is 16.5. The van der Waals surface area contributed by atoms with Gasteiger partial charge in [-0.15, -0.1) is 0 Å². The SMILES string of the molecule is CCCNCc1cccc(Br)c1OCCOC(C)C. The average Bonchev–Trinajstić information content (AvgIpc) is 2.37. The third-order valence-electron chi connectivity index (χ3n) is 2.57. The van der Waals surface area contributed by atoms with E-state index in [1.807, 2.05) is 26.0 Å². The third-order valence-corrected chi connectivity index (χ3v) is 3.20. The van der Waals surface area contributed by atoms with E-state index >= 15 is 0 Å². The van der Waals surface area contributed by atoms with Crippen molar-refractivity contribution in [2.75, 3.05) is 19.8 Å². The van der Waals surface area contributed by atoms with Crippen molar-refractivity contribution < 1.29 is 9.47 Å². The van der Waals surface area contributed by atoms with E-state index in [-0.39, 0.29) is 6.10 Å². The fourth-order valence-corrected chi connectivity index (χ4v) is 2.20.